The van der Waals surface area contributed by atoms with E-state index in [4.69, 9.17) is 15.7 Å². The highest BCUT2D eigenvalue weighted by Gasteiger charge is 2.35. The molecule has 1 amide bonds. The van der Waals surface area contributed by atoms with Crippen molar-refractivity contribution in [3.8, 4) is 5.75 Å². The molecule has 20 heavy (non-hydrogen) atoms. The average Bonchev–Trinajstić information content (AvgIpc) is 3.20. The first-order valence-electron chi connectivity index (χ1n) is 6.73. The number of ether oxygens (including phenoxy) is 1. The van der Waals surface area contributed by atoms with E-state index in [1.165, 1.54) is 0 Å². The molecule has 1 atom stereocenters. The second kappa shape index (κ2) is 5.03. The number of nitrogens with one attached hydrogen (secondary N) is 1. The van der Waals surface area contributed by atoms with Gasteiger partial charge in [0.05, 0.1) is 12.6 Å². The lowest BCUT2D eigenvalue weighted by molar-refractivity contribution is 0.0943. The molecule has 1 aromatic rings. The first kappa shape index (κ1) is 12.8. The summed E-state index contributed by atoms with van der Waals surface area (Å²) in [5.74, 6) is 0.970. The third-order valence-electron chi connectivity index (χ3n) is 3.77. The maximum absolute atomic E-state index is 12.3. The quantitative estimate of drug-likeness (QED) is 0.329. The van der Waals surface area contributed by atoms with E-state index in [1.807, 2.05) is 12.1 Å². The van der Waals surface area contributed by atoms with Crippen LogP contribution in [-0.4, -0.2) is 29.6 Å². The molecule has 6 nitrogen and oxygen atoms in total. The first-order valence-corrected chi connectivity index (χ1v) is 6.73. The van der Waals surface area contributed by atoms with Gasteiger partial charge in [-0.25, -0.2) is 0 Å². The van der Waals surface area contributed by atoms with Crippen molar-refractivity contribution in [2.75, 3.05) is 6.61 Å². The van der Waals surface area contributed by atoms with Crippen LogP contribution in [0, 0.1) is 5.92 Å². The van der Waals surface area contributed by atoms with Gasteiger partial charge in [-0.2, -0.15) is 0 Å². The minimum Gasteiger partial charge on any atom is -0.493 e. The number of hydrogen-bond donors (Lipinski definition) is 3. The van der Waals surface area contributed by atoms with Crippen molar-refractivity contribution in [2.45, 2.75) is 25.3 Å². The molecule has 1 aromatic carbocycles. The lowest BCUT2D eigenvalue weighted by Crippen LogP contribution is -2.46. The molecule has 1 fully saturated rings. The molecule has 4 N–H and O–H groups in total. The summed E-state index contributed by atoms with van der Waals surface area (Å²) in [6.45, 7) is 0.662. The molecule has 1 aliphatic heterocycles. The maximum Gasteiger partial charge on any atom is 0.251 e. The minimum absolute atomic E-state index is 0.0605. The normalized spacial score (nSPS) is 19.1. The average molecular weight is 275 g/mol. The summed E-state index contributed by atoms with van der Waals surface area (Å²) >= 11 is 0. The number of rotatable bonds is 4. The fourth-order valence-electron chi connectivity index (χ4n) is 2.48. The number of amides is 1. The highest BCUT2D eigenvalue weighted by molar-refractivity contribution is 5.98. The Hall–Kier alpha value is -2.24. The topological polar surface area (TPSA) is 96.9 Å². The van der Waals surface area contributed by atoms with Gasteiger partial charge in [0.25, 0.3) is 5.91 Å². The van der Waals surface area contributed by atoms with Crippen LogP contribution in [0.1, 0.15) is 28.8 Å². The molecule has 6 heteroatoms. The summed E-state index contributed by atoms with van der Waals surface area (Å²) in [4.78, 5) is 12.3. The van der Waals surface area contributed by atoms with E-state index in [1.54, 1.807) is 6.07 Å². The minimum atomic E-state index is -0.392. The van der Waals surface area contributed by atoms with Crippen LogP contribution >= 0.6 is 0 Å². The van der Waals surface area contributed by atoms with Crippen LogP contribution in [0.5, 0.6) is 5.75 Å². The van der Waals surface area contributed by atoms with E-state index in [0.29, 0.717) is 12.2 Å². The highest BCUT2D eigenvalue weighted by atomic mass is 16.5. The van der Waals surface area contributed by atoms with E-state index in [-0.39, 0.29) is 17.7 Å². The van der Waals surface area contributed by atoms with E-state index in [9.17, 15) is 4.79 Å². The van der Waals surface area contributed by atoms with Gasteiger partial charge in [-0.3, -0.25) is 4.79 Å². The predicted octanol–water partition coefficient (Wildman–Crippen LogP) is 0.876. The van der Waals surface area contributed by atoms with Crippen molar-refractivity contribution in [3.63, 3.8) is 0 Å². The zero-order valence-electron chi connectivity index (χ0n) is 11.0. The number of carbonyl (C=O) groups excluding carboxylic acids is 1. The van der Waals surface area contributed by atoms with Gasteiger partial charge in [-0.05, 0) is 42.5 Å². The Balaban J connectivity index is 1.75. The number of oxime groups is 1. The van der Waals surface area contributed by atoms with E-state index >= 15 is 0 Å². The number of carbonyl (C=O) groups is 1. The summed E-state index contributed by atoms with van der Waals surface area (Å²) in [6.07, 6.45) is 2.79. The van der Waals surface area contributed by atoms with Crippen molar-refractivity contribution in [2.24, 2.45) is 16.8 Å². The molecule has 0 saturated heterocycles. The van der Waals surface area contributed by atoms with Gasteiger partial charge in [-0.1, -0.05) is 5.16 Å². The Morgan fingerprint density at radius 2 is 2.30 bits per heavy atom. The third kappa shape index (κ3) is 2.41. The molecule has 1 heterocycles. The Kier molecular flexibility index (Phi) is 3.22. The fraction of sp³-hybridized carbons (Fsp3) is 0.429. The molecule has 2 aliphatic rings. The van der Waals surface area contributed by atoms with Crippen LogP contribution in [0.4, 0.5) is 0 Å². The molecular weight excluding hydrogens is 258 g/mol. The molecule has 3 rings (SSSR count). The van der Waals surface area contributed by atoms with Crippen molar-refractivity contribution in [1.82, 2.24) is 5.32 Å². The number of benzene rings is 1. The SMILES string of the molecule is NC(=NO)C(NC(=O)c1ccc2c(c1)CCO2)C1CC1. The summed E-state index contributed by atoms with van der Waals surface area (Å²) in [7, 11) is 0. The van der Waals surface area contributed by atoms with Gasteiger partial charge in [-0.15, -0.1) is 0 Å². The van der Waals surface area contributed by atoms with Gasteiger partial charge in [0.2, 0.25) is 0 Å². The predicted molar refractivity (Wildman–Crippen MR) is 73.0 cm³/mol. The third-order valence-corrected chi connectivity index (χ3v) is 3.77. The summed E-state index contributed by atoms with van der Waals surface area (Å²) < 4.78 is 5.41. The van der Waals surface area contributed by atoms with Crippen LogP contribution in [0.25, 0.3) is 0 Å². The summed E-state index contributed by atoms with van der Waals surface area (Å²) in [6, 6.07) is 4.99. The molecular formula is C14H17N3O3. The highest BCUT2D eigenvalue weighted by Crippen LogP contribution is 2.33. The summed E-state index contributed by atoms with van der Waals surface area (Å²) in [5, 5.41) is 14.6. The second-order valence-electron chi connectivity index (χ2n) is 5.23. The van der Waals surface area contributed by atoms with E-state index < -0.39 is 6.04 Å². The zero-order valence-corrected chi connectivity index (χ0v) is 11.0. The Labute approximate surface area is 116 Å². The fourth-order valence-corrected chi connectivity index (χ4v) is 2.48. The van der Waals surface area contributed by atoms with Gasteiger partial charge < -0.3 is 21.0 Å². The van der Waals surface area contributed by atoms with Gasteiger partial charge in [0, 0.05) is 12.0 Å². The number of hydrogen-bond acceptors (Lipinski definition) is 4. The number of amidine groups is 1. The van der Waals surface area contributed by atoms with E-state index in [2.05, 4.69) is 10.5 Å². The van der Waals surface area contributed by atoms with Crippen LogP contribution in [0.3, 0.4) is 0 Å². The van der Waals surface area contributed by atoms with Crippen LogP contribution in [-0.2, 0) is 6.42 Å². The monoisotopic (exact) mass is 275 g/mol. The molecule has 106 valence electrons. The molecule has 1 saturated carbocycles. The number of nitrogens with zero attached hydrogens (tertiary/aromatic N) is 1. The van der Waals surface area contributed by atoms with Gasteiger partial charge >= 0.3 is 0 Å². The Morgan fingerprint density at radius 3 is 3.00 bits per heavy atom. The van der Waals surface area contributed by atoms with Gasteiger partial charge in [0.1, 0.15) is 5.75 Å². The van der Waals surface area contributed by atoms with Crippen LogP contribution in [0.2, 0.25) is 0 Å². The molecule has 0 bridgehead atoms. The van der Waals surface area contributed by atoms with Crippen molar-refractivity contribution in [1.29, 1.82) is 0 Å². The molecule has 0 aromatic heterocycles. The lowest BCUT2D eigenvalue weighted by Gasteiger charge is -2.16. The molecule has 1 aliphatic carbocycles. The smallest absolute Gasteiger partial charge is 0.251 e. The molecule has 1 unspecified atom stereocenters. The Morgan fingerprint density at radius 1 is 1.50 bits per heavy atom. The number of nitrogens with two attached hydrogens (primary N) is 1. The second-order valence-corrected chi connectivity index (χ2v) is 5.23. The van der Waals surface area contributed by atoms with Crippen molar-refractivity contribution < 1.29 is 14.7 Å². The lowest BCUT2D eigenvalue weighted by atomic mass is 10.1. The van der Waals surface area contributed by atoms with Crippen LogP contribution in [0.15, 0.2) is 23.4 Å². The van der Waals surface area contributed by atoms with Crippen LogP contribution < -0.4 is 15.8 Å². The molecule has 0 spiro atoms. The number of fused-ring (bicyclic) bond motifs is 1. The summed E-state index contributed by atoms with van der Waals surface area (Å²) in [5.41, 5.74) is 7.26. The zero-order chi connectivity index (χ0) is 14.1. The van der Waals surface area contributed by atoms with E-state index in [0.717, 1.165) is 30.6 Å². The van der Waals surface area contributed by atoms with Crippen molar-refractivity contribution >= 4 is 11.7 Å². The largest absolute Gasteiger partial charge is 0.493 e. The van der Waals surface area contributed by atoms with Crippen molar-refractivity contribution in [3.05, 3.63) is 29.3 Å². The first-order chi connectivity index (χ1) is 9.69. The van der Waals surface area contributed by atoms with Gasteiger partial charge in [0.15, 0.2) is 5.84 Å². The maximum atomic E-state index is 12.3. The Bertz CT molecular complexity index is 567. The molecule has 0 radical (unpaired) electrons. The standard InChI is InChI=1S/C14H17N3O3/c15-13(17-19)12(8-1-2-8)16-14(18)10-3-4-11-9(7-10)5-6-20-11/h3-4,7-8,12,19H,1-2,5-6H2,(H2,15,17)(H,16,18).